The van der Waals surface area contributed by atoms with E-state index in [0.717, 1.165) is 42.6 Å². The van der Waals surface area contributed by atoms with Gasteiger partial charge in [0.1, 0.15) is 24.0 Å². The molecule has 0 radical (unpaired) electrons. The summed E-state index contributed by atoms with van der Waals surface area (Å²) < 4.78 is 34.7. The SMILES string of the molecule is C=CCCC1CCC2CC(c3ccc(C#Cc4ccc(OCC=C)cc4F)cc3F)CCC2C1. The fourth-order valence-corrected chi connectivity index (χ4v) is 5.80. The van der Waals surface area contributed by atoms with Crippen LogP contribution in [0.3, 0.4) is 0 Å². The third-order valence-electron chi connectivity index (χ3n) is 7.59. The van der Waals surface area contributed by atoms with Crippen molar-refractivity contribution in [3.8, 4) is 17.6 Å². The van der Waals surface area contributed by atoms with Gasteiger partial charge in [-0.15, -0.1) is 6.58 Å². The van der Waals surface area contributed by atoms with E-state index in [0.29, 0.717) is 17.9 Å². The van der Waals surface area contributed by atoms with Crippen LogP contribution in [-0.4, -0.2) is 6.61 Å². The van der Waals surface area contributed by atoms with E-state index >= 15 is 4.39 Å². The Morgan fingerprint density at radius 3 is 2.47 bits per heavy atom. The fourth-order valence-electron chi connectivity index (χ4n) is 5.80. The van der Waals surface area contributed by atoms with Crippen LogP contribution < -0.4 is 4.74 Å². The molecule has 0 amide bonds. The lowest BCUT2D eigenvalue weighted by atomic mass is 9.63. The highest BCUT2D eigenvalue weighted by Crippen LogP contribution is 2.48. The third kappa shape index (κ3) is 5.98. The van der Waals surface area contributed by atoms with Crippen molar-refractivity contribution in [2.45, 2.75) is 57.3 Å². The maximum Gasteiger partial charge on any atom is 0.142 e. The number of hydrogen-bond acceptors (Lipinski definition) is 1. The first-order valence-electron chi connectivity index (χ1n) is 12.5. The predicted molar refractivity (Wildman–Crippen MR) is 135 cm³/mol. The summed E-state index contributed by atoms with van der Waals surface area (Å²) >= 11 is 0. The topological polar surface area (TPSA) is 9.23 Å². The summed E-state index contributed by atoms with van der Waals surface area (Å²) in [5.74, 6) is 8.16. The average molecular weight is 461 g/mol. The maximum absolute atomic E-state index is 15.1. The zero-order chi connectivity index (χ0) is 23.9. The van der Waals surface area contributed by atoms with Gasteiger partial charge in [0.05, 0.1) is 5.56 Å². The van der Waals surface area contributed by atoms with E-state index in [2.05, 4.69) is 25.0 Å². The molecule has 0 heterocycles. The molecule has 0 aromatic heterocycles. The van der Waals surface area contributed by atoms with Crippen LogP contribution in [0.1, 0.15) is 74.0 Å². The molecule has 0 aliphatic heterocycles. The minimum Gasteiger partial charge on any atom is -0.489 e. The van der Waals surface area contributed by atoms with Crippen molar-refractivity contribution in [1.82, 2.24) is 0 Å². The highest BCUT2D eigenvalue weighted by molar-refractivity contribution is 5.46. The molecule has 0 bridgehead atoms. The number of allylic oxidation sites excluding steroid dienone is 1. The molecule has 2 aliphatic carbocycles. The maximum atomic E-state index is 15.1. The second-order valence-electron chi connectivity index (χ2n) is 9.80. The Bertz CT molecular complexity index is 1080. The molecule has 2 saturated carbocycles. The molecule has 2 aromatic rings. The first kappa shape index (κ1) is 24.3. The van der Waals surface area contributed by atoms with Crippen LogP contribution in [0.2, 0.25) is 0 Å². The van der Waals surface area contributed by atoms with Gasteiger partial charge in [-0.2, -0.15) is 0 Å². The van der Waals surface area contributed by atoms with Gasteiger partial charge < -0.3 is 4.74 Å². The molecule has 0 saturated heterocycles. The molecular weight excluding hydrogens is 426 g/mol. The Morgan fingerprint density at radius 1 is 0.882 bits per heavy atom. The molecule has 34 heavy (non-hydrogen) atoms. The van der Waals surface area contributed by atoms with E-state index in [1.807, 2.05) is 18.2 Å². The van der Waals surface area contributed by atoms with Crippen LogP contribution in [0.4, 0.5) is 8.78 Å². The van der Waals surface area contributed by atoms with E-state index in [4.69, 9.17) is 4.74 Å². The predicted octanol–water partition coefficient (Wildman–Crippen LogP) is 8.20. The van der Waals surface area contributed by atoms with Crippen LogP contribution in [0.15, 0.2) is 61.7 Å². The van der Waals surface area contributed by atoms with Gasteiger partial charge in [0.25, 0.3) is 0 Å². The molecule has 4 unspecified atom stereocenters. The smallest absolute Gasteiger partial charge is 0.142 e. The Labute approximate surface area is 202 Å². The van der Waals surface area contributed by atoms with Crippen molar-refractivity contribution in [1.29, 1.82) is 0 Å². The Morgan fingerprint density at radius 2 is 1.71 bits per heavy atom. The van der Waals surface area contributed by atoms with Crippen molar-refractivity contribution < 1.29 is 13.5 Å². The molecule has 4 rings (SSSR count). The number of fused-ring (bicyclic) bond motifs is 1. The van der Waals surface area contributed by atoms with E-state index in [1.54, 1.807) is 18.2 Å². The second-order valence-corrected chi connectivity index (χ2v) is 9.80. The average Bonchev–Trinajstić information content (AvgIpc) is 2.85. The van der Waals surface area contributed by atoms with Crippen LogP contribution >= 0.6 is 0 Å². The molecule has 0 spiro atoms. The number of ether oxygens (including phenoxy) is 1. The van der Waals surface area contributed by atoms with Crippen molar-refractivity contribution >= 4 is 0 Å². The van der Waals surface area contributed by atoms with E-state index in [9.17, 15) is 4.39 Å². The van der Waals surface area contributed by atoms with Gasteiger partial charge in [0, 0.05) is 11.6 Å². The van der Waals surface area contributed by atoms with Gasteiger partial charge >= 0.3 is 0 Å². The van der Waals surface area contributed by atoms with Crippen molar-refractivity contribution in [3.63, 3.8) is 0 Å². The first-order chi connectivity index (χ1) is 16.6. The number of rotatable bonds is 7. The van der Waals surface area contributed by atoms with Crippen molar-refractivity contribution in [3.05, 3.63) is 90.0 Å². The first-order valence-corrected chi connectivity index (χ1v) is 12.5. The van der Waals surface area contributed by atoms with Gasteiger partial charge in [-0.25, -0.2) is 8.78 Å². The minimum atomic E-state index is -0.456. The lowest BCUT2D eigenvalue weighted by Crippen LogP contribution is -2.30. The molecule has 4 atom stereocenters. The minimum absolute atomic E-state index is 0.191. The van der Waals surface area contributed by atoms with Gasteiger partial charge in [-0.1, -0.05) is 43.1 Å². The lowest BCUT2D eigenvalue weighted by molar-refractivity contribution is 0.114. The summed E-state index contributed by atoms with van der Waals surface area (Å²) in [4.78, 5) is 0. The zero-order valence-corrected chi connectivity index (χ0v) is 19.9. The summed E-state index contributed by atoms with van der Waals surface area (Å²) in [6.07, 6.45) is 13.3. The van der Waals surface area contributed by atoms with Gasteiger partial charge in [0.2, 0.25) is 0 Å². The summed E-state index contributed by atoms with van der Waals surface area (Å²) in [6, 6.07) is 9.81. The van der Waals surface area contributed by atoms with Crippen LogP contribution in [0, 0.1) is 41.2 Å². The van der Waals surface area contributed by atoms with Gasteiger partial charge in [0.15, 0.2) is 0 Å². The van der Waals surface area contributed by atoms with Gasteiger partial charge in [-0.3, -0.25) is 0 Å². The van der Waals surface area contributed by atoms with Gasteiger partial charge in [-0.05, 0) is 98.4 Å². The van der Waals surface area contributed by atoms with Crippen LogP contribution in [0.25, 0.3) is 0 Å². The van der Waals surface area contributed by atoms with E-state index < -0.39 is 5.82 Å². The molecule has 2 aromatic carbocycles. The highest BCUT2D eigenvalue weighted by atomic mass is 19.1. The van der Waals surface area contributed by atoms with Crippen LogP contribution in [-0.2, 0) is 0 Å². The summed E-state index contributed by atoms with van der Waals surface area (Å²) in [5.41, 5.74) is 1.63. The van der Waals surface area contributed by atoms with E-state index in [-0.39, 0.29) is 17.3 Å². The number of halogens is 2. The summed E-state index contributed by atoms with van der Waals surface area (Å²) in [5, 5.41) is 0. The second kappa shape index (κ2) is 11.5. The standard InChI is InChI=1S/C31H34F2O/c1-3-5-6-22-8-11-26-20-27(13-12-25(26)18-22)29-16-9-23(19-31(29)33)7-10-24-14-15-28(21-30(24)32)34-17-4-2/h3-4,9,14-16,19,21-22,25-27H,1-2,5-6,8,11-13,17-18,20H2. The molecule has 2 aliphatic rings. The quantitative estimate of drug-likeness (QED) is 0.299. The summed E-state index contributed by atoms with van der Waals surface area (Å²) in [6.45, 7) is 7.75. The molecular formula is C31H34F2O. The monoisotopic (exact) mass is 460 g/mol. The highest BCUT2D eigenvalue weighted by Gasteiger charge is 2.36. The third-order valence-corrected chi connectivity index (χ3v) is 7.59. The zero-order valence-electron chi connectivity index (χ0n) is 19.9. The number of benzene rings is 2. The van der Waals surface area contributed by atoms with E-state index in [1.165, 1.54) is 44.2 Å². The molecule has 2 fully saturated rings. The molecule has 1 nitrogen and oxygen atoms in total. The molecule has 0 N–H and O–H groups in total. The van der Waals surface area contributed by atoms with Crippen LogP contribution in [0.5, 0.6) is 5.75 Å². The Balaban J connectivity index is 1.39. The molecule has 3 heteroatoms. The Hall–Kier alpha value is -2.86. The molecule has 178 valence electrons. The summed E-state index contributed by atoms with van der Waals surface area (Å²) in [7, 11) is 0. The largest absolute Gasteiger partial charge is 0.489 e. The fraction of sp³-hybridized carbons (Fsp3) is 0.419. The normalized spacial score (nSPS) is 23.8. The van der Waals surface area contributed by atoms with Crippen molar-refractivity contribution in [2.24, 2.45) is 17.8 Å². The number of hydrogen-bond donors (Lipinski definition) is 0. The van der Waals surface area contributed by atoms with Crippen molar-refractivity contribution in [2.75, 3.05) is 6.61 Å². The lowest BCUT2D eigenvalue weighted by Gasteiger charge is -2.42. The Kier molecular flexibility index (Phi) is 8.22.